The number of alkyl halides is 3. The van der Waals surface area contributed by atoms with Crippen LogP contribution in [-0.4, -0.2) is 41.0 Å². The number of anilines is 1. The number of carboxylic acids is 1. The van der Waals surface area contributed by atoms with E-state index < -0.39 is 35.1 Å². The second kappa shape index (κ2) is 6.57. The van der Waals surface area contributed by atoms with Gasteiger partial charge in [-0.05, 0) is 37.8 Å². The maximum absolute atomic E-state index is 13.1. The fourth-order valence-corrected chi connectivity index (χ4v) is 4.22. The number of nitrogens with one attached hydrogen (secondary N) is 1. The molecule has 0 bridgehead atoms. The zero-order valence-electron chi connectivity index (χ0n) is 14.3. The number of hydrogen-bond donors (Lipinski definition) is 2. The number of amides is 1. The third-order valence-corrected chi connectivity index (χ3v) is 5.74. The van der Waals surface area contributed by atoms with Gasteiger partial charge in [-0.3, -0.25) is 14.5 Å². The molecule has 1 aliphatic heterocycles. The molecule has 1 aromatic rings. The van der Waals surface area contributed by atoms with Gasteiger partial charge in [0.2, 0.25) is 5.91 Å². The Kier molecular flexibility index (Phi) is 4.72. The molecule has 0 radical (unpaired) electrons. The summed E-state index contributed by atoms with van der Waals surface area (Å²) >= 11 is 0. The first-order valence-corrected chi connectivity index (χ1v) is 8.60. The van der Waals surface area contributed by atoms with Crippen molar-refractivity contribution in [2.75, 3.05) is 18.4 Å². The zero-order valence-corrected chi connectivity index (χ0v) is 14.3. The van der Waals surface area contributed by atoms with Crippen LogP contribution in [0.2, 0.25) is 0 Å². The van der Waals surface area contributed by atoms with Crippen molar-refractivity contribution in [1.82, 2.24) is 4.90 Å². The Morgan fingerprint density at radius 3 is 2.65 bits per heavy atom. The summed E-state index contributed by atoms with van der Waals surface area (Å²) in [4.78, 5) is 26.0. The molecule has 0 aromatic heterocycles. The van der Waals surface area contributed by atoms with E-state index in [1.807, 2.05) is 0 Å². The van der Waals surface area contributed by atoms with E-state index in [-0.39, 0.29) is 18.2 Å². The van der Waals surface area contributed by atoms with Crippen LogP contribution < -0.4 is 5.32 Å². The lowest BCUT2D eigenvalue weighted by molar-refractivity contribution is -0.149. The number of halogens is 3. The van der Waals surface area contributed by atoms with Gasteiger partial charge in [-0.2, -0.15) is 13.2 Å². The van der Waals surface area contributed by atoms with Gasteiger partial charge in [0, 0.05) is 13.1 Å². The number of rotatable bonds is 4. The Bertz CT molecular complexity index is 722. The number of carbonyl (C=O) groups is 2. The van der Waals surface area contributed by atoms with Gasteiger partial charge in [0.15, 0.2) is 0 Å². The molecule has 1 aromatic carbocycles. The van der Waals surface area contributed by atoms with Crippen LogP contribution >= 0.6 is 0 Å². The number of hydrogen-bond acceptors (Lipinski definition) is 3. The van der Waals surface area contributed by atoms with Gasteiger partial charge in [-0.25, -0.2) is 0 Å². The highest BCUT2D eigenvalue weighted by Gasteiger charge is 2.55. The largest absolute Gasteiger partial charge is 0.481 e. The Hall–Kier alpha value is -2.09. The van der Waals surface area contributed by atoms with Crippen LogP contribution in [0.15, 0.2) is 24.3 Å². The second-order valence-corrected chi connectivity index (χ2v) is 7.19. The van der Waals surface area contributed by atoms with Crippen LogP contribution in [0.25, 0.3) is 0 Å². The maximum atomic E-state index is 13.1. The molecule has 1 saturated heterocycles. The van der Waals surface area contributed by atoms with Gasteiger partial charge in [0.05, 0.1) is 22.7 Å². The van der Waals surface area contributed by atoms with E-state index in [0.717, 1.165) is 18.9 Å². The Morgan fingerprint density at radius 2 is 2.04 bits per heavy atom. The molecule has 1 unspecified atom stereocenters. The highest BCUT2D eigenvalue weighted by molar-refractivity contribution is 5.95. The number of nitrogens with zero attached hydrogens (tertiary/aromatic N) is 1. The molecule has 5 nitrogen and oxygen atoms in total. The zero-order chi connectivity index (χ0) is 19.1. The Labute approximate surface area is 149 Å². The van der Waals surface area contributed by atoms with E-state index in [1.165, 1.54) is 18.2 Å². The highest BCUT2D eigenvalue weighted by Crippen LogP contribution is 2.49. The van der Waals surface area contributed by atoms with Gasteiger partial charge in [-0.15, -0.1) is 0 Å². The van der Waals surface area contributed by atoms with Crippen molar-refractivity contribution >= 4 is 17.6 Å². The number of benzene rings is 1. The van der Waals surface area contributed by atoms with Crippen molar-refractivity contribution in [3.05, 3.63) is 29.8 Å². The number of aliphatic carboxylic acids is 1. The van der Waals surface area contributed by atoms with Crippen LogP contribution in [-0.2, 0) is 15.8 Å². The molecule has 2 fully saturated rings. The lowest BCUT2D eigenvalue weighted by atomic mass is 9.81. The van der Waals surface area contributed by atoms with Crippen LogP contribution in [0.5, 0.6) is 0 Å². The lowest BCUT2D eigenvalue weighted by Crippen LogP contribution is -2.43. The topological polar surface area (TPSA) is 69.6 Å². The summed E-state index contributed by atoms with van der Waals surface area (Å²) in [5.74, 6) is -1.43. The fourth-order valence-electron chi connectivity index (χ4n) is 4.22. The van der Waals surface area contributed by atoms with E-state index >= 15 is 0 Å². The van der Waals surface area contributed by atoms with E-state index in [1.54, 1.807) is 11.8 Å². The summed E-state index contributed by atoms with van der Waals surface area (Å²) in [6.45, 7) is 2.33. The molecule has 26 heavy (non-hydrogen) atoms. The second-order valence-electron chi connectivity index (χ2n) is 7.19. The van der Waals surface area contributed by atoms with Crippen molar-refractivity contribution in [2.45, 2.75) is 38.4 Å². The van der Waals surface area contributed by atoms with Crippen LogP contribution in [0.3, 0.4) is 0 Å². The summed E-state index contributed by atoms with van der Waals surface area (Å²) in [6.07, 6.45) is -2.34. The average Bonchev–Trinajstić information content (AvgIpc) is 3.11. The molecule has 0 spiro atoms. The SMILES string of the molecule is CC(C(=O)Nc1ccccc1C(F)(F)F)N1C[C@@H]2CCC[C@@]2(C(=O)O)C1. The minimum atomic E-state index is -4.56. The van der Waals surface area contributed by atoms with Crippen molar-refractivity contribution in [2.24, 2.45) is 11.3 Å². The van der Waals surface area contributed by atoms with Gasteiger partial charge in [0.25, 0.3) is 0 Å². The normalized spacial score (nSPS) is 27.2. The van der Waals surface area contributed by atoms with E-state index in [4.69, 9.17) is 0 Å². The van der Waals surface area contributed by atoms with Gasteiger partial charge in [-0.1, -0.05) is 18.6 Å². The third kappa shape index (κ3) is 3.18. The number of likely N-dealkylation sites (tertiary alicyclic amines) is 1. The van der Waals surface area contributed by atoms with Crippen LogP contribution in [0.1, 0.15) is 31.7 Å². The molecule has 1 aliphatic carbocycles. The monoisotopic (exact) mass is 370 g/mol. The minimum Gasteiger partial charge on any atom is -0.481 e. The molecule has 1 heterocycles. The molecule has 1 amide bonds. The predicted molar refractivity (Wildman–Crippen MR) is 88.5 cm³/mol. The quantitative estimate of drug-likeness (QED) is 0.854. The van der Waals surface area contributed by atoms with Crippen molar-refractivity contribution < 1.29 is 27.9 Å². The summed E-state index contributed by atoms with van der Waals surface area (Å²) in [6, 6.07) is 4.11. The Balaban J connectivity index is 1.73. The van der Waals surface area contributed by atoms with Gasteiger partial charge < -0.3 is 10.4 Å². The molecule has 142 valence electrons. The van der Waals surface area contributed by atoms with Crippen molar-refractivity contribution in [3.8, 4) is 0 Å². The van der Waals surface area contributed by atoms with Gasteiger partial charge in [0.1, 0.15) is 0 Å². The third-order valence-electron chi connectivity index (χ3n) is 5.74. The average molecular weight is 370 g/mol. The number of carboxylic acid groups (broad SMARTS) is 1. The molecule has 8 heteroatoms. The summed E-state index contributed by atoms with van der Waals surface area (Å²) in [5.41, 5.74) is -2.02. The van der Waals surface area contributed by atoms with E-state index in [0.29, 0.717) is 13.0 Å². The molecular formula is C18H21F3N2O3. The first kappa shape index (κ1) is 18.7. The summed E-state index contributed by atoms with van der Waals surface area (Å²) < 4.78 is 39.2. The predicted octanol–water partition coefficient (Wildman–Crippen LogP) is 3.22. The summed E-state index contributed by atoms with van der Waals surface area (Å²) in [5, 5.41) is 12.0. The lowest BCUT2D eigenvalue weighted by Gasteiger charge is -2.27. The van der Waals surface area contributed by atoms with E-state index in [2.05, 4.69) is 5.32 Å². The maximum Gasteiger partial charge on any atom is 0.418 e. The fraction of sp³-hybridized carbons (Fsp3) is 0.556. The standard InChI is InChI=1S/C18H21F3N2O3/c1-11(23-9-12-5-4-8-17(12,10-23)16(25)26)15(24)22-14-7-3-2-6-13(14)18(19,20)21/h2-3,6-7,11-12H,4-5,8-10H2,1H3,(H,22,24)(H,25,26)/t11?,12-,17+/m0/s1. The number of carbonyl (C=O) groups excluding carboxylic acids is 1. The summed E-state index contributed by atoms with van der Waals surface area (Å²) in [7, 11) is 0. The number of para-hydroxylation sites is 1. The first-order chi connectivity index (χ1) is 12.1. The molecule has 2 N–H and O–H groups in total. The highest BCUT2D eigenvalue weighted by atomic mass is 19.4. The van der Waals surface area contributed by atoms with Crippen LogP contribution in [0, 0.1) is 11.3 Å². The first-order valence-electron chi connectivity index (χ1n) is 8.60. The van der Waals surface area contributed by atoms with E-state index in [9.17, 15) is 27.9 Å². The molecule has 3 rings (SSSR count). The Morgan fingerprint density at radius 1 is 1.35 bits per heavy atom. The molecule has 3 atom stereocenters. The van der Waals surface area contributed by atoms with Crippen molar-refractivity contribution in [3.63, 3.8) is 0 Å². The molecule has 1 saturated carbocycles. The van der Waals surface area contributed by atoms with Crippen LogP contribution in [0.4, 0.5) is 18.9 Å². The molecule has 2 aliphatic rings. The minimum absolute atomic E-state index is 0.0160. The van der Waals surface area contributed by atoms with Gasteiger partial charge >= 0.3 is 12.1 Å². The smallest absolute Gasteiger partial charge is 0.418 e. The molecular weight excluding hydrogens is 349 g/mol. The van der Waals surface area contributed by atoms with Crippen molar-refractivity contribution in [1.29, 1.82) is 0 Å². The number of fused-ring (bicyclic) bond motifs is 1.